The monoisotopic (exact) mass is 287 g/mol. The fourth-order valence-corrected chi connectivity index (χ4v) is 0.889. The molecule has 0 rings (SSSR count). The Morgan fingerprint density at radius 1 is 1.16 bits per heavy atom. The minimum absolute atomic E-state index is 0.282. The maximum Gasteiger partial charge on any atom is 0.291 e. The molecule has 0 amide bonds. The summed E-state index contributed by atoms with van der Waals surface area (Å²) in [5, 5.41) is 46.4. The summed E-state index contributed by atoms with van der Waals surface area (Å²) in [6.45, 7) is 0.425. The fraction of sp³-hybridized carbons (Fsp3) is 0.857. The number of nitrogens with zero attached hydrogens (tertiary/aromatic N) is 3. The molecular formula is C7H17N3O9. The third-order valence-corrected chi connectivity index (χ3v) is 1.16. The highest BCUT2D eigenvalue weighted by atomic mass is 16.9. The molecule has 0 aromatic carbocycles. The van der Waals surface area contributed by atoms with Crippen LogP contribution in [0.1, 0.15) is 6.42 Å². The molecule has 0 aromatic rings. The minimum atomic E-state index is -1.50. The second kappa shape index (κ2) is 10.9. The van der Waals surface area contributed by atoms with Gasteiger partial charge in [0.15, 0.2) is 0 Å². The van der Waals surface area contributed by atoms with Crippen molar-refractivity contribution in [3.05, 3.63) is 20.2 Å². The van der Waals surface area contributed by atoms with E-state index in [-0.39, 0.29) is 6.42 Å². The van der Waals surface area contributed by atoms with Gasteiger partial charge in [0.05, 0.1) is 21.1 Å². The first-order valence-corrected chi connectivity index (χ1v) is 4.62. The number of aliphatic carboxylic acids is 1. The molecule has 114 valence electrons. The van der Waals surface area contributed by atoms with Crippen molar-refractivity contribution < 1.29 is 40.1 Å². The van der Waals surface area contributed by atoms with Gasteiger partial charge < -0.3 is 29.9 Å². The van der Waals surface area contributed by atoms with Crippen molar-refractivity contribution in [2.45, 2.75) is 12.5 Å². The number of carbonyl (C=O) groups excluding carboxylic acids is 1. The van der Waals surface area contributed by atoms with Gasteiger partial charge in [-0.15, -0.1) is 20.2 Å². The van der Waals surface area contributed by atoms with Gasteiger partial charge in [-0.05, 0) is 0 Å². The molecule has 0 fully saturated rings. The molecule has 0 aliphatic carbocycles. The molecule has 12 nitrogen and oxygen atoms in total. The molecule has 12 heteroatoms. The fourth-order valence-electron chi connectivity index (χ4n) is 0.889. The lowest BCUT2D eigenvalue weighted by Gasteiger charge is -2.26. The largest absolute Gasteiger partial charge is 0.550 e. The smallest absolute Gasteiger partial charge is 0.291 e. The van der Waals surface area contributed by atoms with Crippen molar-refractivity contribution in [2.24, 2.45) is 0 Å². The van der Waals surface area contributed by atoms with E-state index in [9.17, 15) is 9.90 Å². The van der Waals surface area contributed by atoms with Crippen LogP contribution in [0.3, 0.4) is 0 Å². The Bertz CT molecular complexity index is 268. The van der Waals surface area contributed by atoms with Crippen molar-refractivity contribution in [3.63, 3.8) is 0 Å². The van der Waals surface area contributed by atoms with Gasteiger partial charge in [-0.25, -0.2) is 0 Å². The molecule has 3 N–H and O–H groups in total. The van der Waals surface area contributed by atoms with Crippen molar-refractivity contribution in [2.75, 3.05) is 27.7 Å². The molecule has 1 atom stereocenters. The number of hydrogen-bond acceptors (Lipinski definition) is 7. The van der Waals surface area contributed by atoms with Crippen LogP contribution in [0.5, 0.6) is 0 Å². The highest BCUT2D eigenvalue weighted by molar-refractivity contribution is 5.64. The third kappa shape index (κ3) is 65.1. The lowest BCUT2D eigenvalue weighted by Crippen LogP contribution is -2.43. The normalized spacial score (nSPS) is 10.9. The molecule has 1 unspecified atom stereocenters. The lowest BCUT2D eigenvalue weighted by atomic mass is 10.2. The summed E-state index contributed by atoms with van der Waals surface area (Å²) >= 11 is 0. The third-order valence-electron chi connectivity index (χ3n) is 1.16. The van der Waals surface area contributed by atoms with Crippen LogP contribution in [0.4, 0.5) is 0 Å². The van der Waals surface area contributed by atoms with Crippen molar-refractivity contribution >= 4 is 5.97 Å². The summed E-state index contributed by atoms with van der Waals surface area (Å²) in [6.07, 6.45) is -1.09. The molecule has 0 saturated carbocycles. The number of likely N-dealkylation sites (N-methyl/N-ethyl adjacent to an activating group) is 1. The number of carboxylic acids is 1. The van der Waals surface area contributed by atoms with Gasteiger partial charge >= 0.3 is 0 Å². The van der Waals surface area contributed by atoms with Gasteiger partial charge in [0.25, 0.3) is 10.2 Å². The minimum Gasteiger partial charge on any atom is -0.550 e. The molecule has 0 bridgehead atoms. The number of carboxylic acid groups (broad SMARTS) is 1. The summed E-state index contributed by atoms with van der Waals surface area (Å²) in [5.74, 6) is -1.20. The second-order valence-electron chi connectivity index (χ2n) is 4.18. The number of rotatable bonds is 4. The van der Waals surface area contributed by atoms with Crippen molar-refractivity contribution in [3.8, 4) is 0 Å². The molecule has 0 aliphatic heterocycles. The van der Waals surface area contributed by atoms with Gasteiger partial charge in [0.2, 0.25) is 0 Å². The Morgan fingerprint density at radius 2 is 1.42 bits per heavy atom. The molecule has 0 saturated heterocycles. The Kier molecular flexibility index (Phi) is 12.6. The zero-order chi connectivity index (χ0) is 16.2. The number of hydrogen-bond donors (Lipinski definition) is 3. The van der Waals surface area contributed by atoms with Gasteiger partial charge in [0, 0.05) is 12.4 Å². The Morgan fingerprint density at radius 3 is 1.58 bits per heavy atom. The Labute approximate surface area is 107 Å². The number of aliphatic hydroxyl groups excluding tert-OH is 1. The van der Waals surface area contributed by atoms with Gasteiger partial charge in [0.1, 0.15) is 12.6 Å². The Hall–Kier alpha value is -2.21. The standard InChI is InChI=1S/C7H15NO3.2HNO3/c1-8(2,3)5-6(9)4-7(10)11;2*2-1(3)4/h6,9H,4-5H2,1-3H3;2*(H,2,3,4). The molecule has 0 aromatic heterocycles. The van der Waals surface area contributed by atoms with Crippen LogP contribution in [0.15, 0.2) is 0 Å². The van der Waals surface area contributed by atoms with E-state index in [1.54, 1.807) is 0 Å². The predicted molar refractivity (Wildman–Crippen MR) is 56.1 cm³/mol. The summed E-state index contributed by atoms with van der Waals surface area (Å²) in [5.41, 5.74) is 0. The highest BCUT2D eigenvalue weighted by Crippen LogP contribution is 1.97. The number of carbonyl (C=O) groups is 1. The van der Waals surface area contributed by atoms with E-state index in [2.05, 4.69) is 0 Å². The Balaban J connectivity index is -0.000000264. The van der Waals surface area contributed by atoms with Crippen LogP contribution in [0, 0.1) is 20.2 Å². The van der Waals surface area contributed by atoms with Crippen LogP contribution in [-0.4, -0.2) is 69.9 Å². The van der Waals surface area contributed by atoms with Crippen LogP contribution in [0.25, 0.3) is 0 Å². The van der Waals surface area contributed by atoms with E-state index in [0.29, 0.717) is 11.0 Å². The quantitative estimate of drug-likeness (QED) is 0.285. The zero-order valence-electron chi connectivity index (χ0n) is 10.6. The number of quaternary nitrogens is 1. The molecule has 0 heterocycles. The van der Waals surface area contributed by atoms with E-state index in [0.717, 1.165) is 0 Å². The average molecular weight is 287 g/mol. The first kappa shape index (κ1) is 22.0. The molecule has 0 radical (unpaired) electrons. The van der Waals surface area contributed by atoms with E-state index in [4.69, 9.17) is 35.7 Å². The van der Waals surface area contributed by atoms with Crippen LogP contribution >= 0.6 is 0 Å². The maximum atomic E-state index is 10.0. The van der Waals surface area contributed by atoms with Gasteiger partial charge in [-0.1, -0.05) is 0 Å². The van der Waals surface area contributed by atoms with Crippen LogP contribution in [0.2, 0.25) is 0 Å². The summed E-state index contributed by atoms with van der Waals surface area (Å²) in [7, 11) is 5.66. The molecule has 0 spiro atoms. The zero-order valence-corrected chi connectivity index (χ0v) is 10.6. The SMILES string of the molecule is C[N+](C)(C)CC(O)CC(=O)[O-].O=[N+]([O-])O.O=[N+]([O-])O. The maximum absolute atomic E-state index is 10.0. The van der Waals surface area contributed by atoms with Crippen molar-refractivity contribution in [1.82, 2.24) is 0 Å². The van der Waals surface area contributed by atoms with E-state index in [1.165, 1.54) is 0 Å². The van der Waals surface area contributed by atoms with E-state index < -0.39 is 22.2 Å². The first-order chi connectivity index (χ1) is 8.27. The molecule has 19 heavy (non-hydrogen) atoms. The molecule has 0 aliphatic rings. The second-order valence-corrected chi connectivity index (χ2v) is 4.18. The summed E-state index contributed by atoms with van der Waals surface area (Å²) in [4.78, 5) is 26.7. The predicted octanol–water partition coefficient (Wildman–Crippen LogP) is -2.50. The van der Waals surface area contributed by atoms with E-state index in [1.807, 2.05) is 21.1 Å². The van der Waals surface area contributed by atoms with Crippen LogP contribution in [-0.2, 0) is 4.79 Å². The lowest BCUT2D eigenvalue weighted by molar-refractivity contribution is -0.873. The topological polar surface area (TPSA) is 187 Å². The first-order valence-electron chi connectivity index (χ1n) is 4.62. The van der Waals surface area contributed by atoms with Gasteiger partial charge in [-0.3, -0.25) is 0 Å². The highest BCUT2D eigenvalue weighted by Gasteiger charge is 2.14. The number of aliphatic hydroxyl groups is 1. The van der Waals surface area contributed by atoms with Crippen LogP contribution < -0.4 is 5.11 Å². The van der Waals surface area contributed by atoms with Crippen molar-refractivity contribution in [1.29, 1.82) is 0 Å². The average Bonchev–Trinajstić information content (AvgIpc) is 1.93. The van der Waals surface area contributed by atoms with E-state index >= 15 is 0 Å². The van der Waals surface area contributed by atoms with Gasteiger partial charge in [-0.2, -0.15) is 0 Å². The summed E-state index contributed by atoms with van der Waals surface area (Å²) in [6, 6.07) is 0. The summed E-state index contributed by atoms with van der Waals surface area (Å²) < 4.78 is 0.550. The molecular weight excluding hydrogens is 270 g/mol.